The summed E-state index contributed by atoms with van der Waals surface area (Å²) < 4.78 is 4.90. The van der Waals surface area contributed by atoms with Crippen LogP contribution in [0.2, 0.25) is 0 Å². The van der Waals surface area contributed by atoms with Gasteiger partial charge in [-0.25, -0.2) is 0 Å². The fraction of sp³-hybridized carbons (Fsp3) is 0.167. The molecule has 0 atom stereocenters. The molecule has 0 unspecified atom stereocenters. The number of fused-ring (bicyclic) bond motifs is 1. The molecule has 3 aromatic rings. The minimum absolute atomic E-state index is 0.226. The second-order valence-corrected chi connectivity index (χ2v) is 3.89. The van der Waals surface area contributed by atoms with Gasteiger partial charge in [-0.3, -0.25) is 0 Å². The van der Waals surface area contributed by atoms with Gasteiger partial charge >= 0.3 is 0 Å². The molecule has 0 saturated carbocycles. The molecule has 0 saturated heterocycles. The molecule has 0 aliphatic carbocycles. The summed E-state index contributed by atoms with van der Waals surface area (Å²) in [6.07, 6.45) is 0. The number of aliphatic hydroxyl groups is 1. The van der Waals surface area contributed by atoms with E-state index in [-0.39, 0.29) is 12.5 Å². The van der Waals surface area contributed by atoms with Crippen LogP contribution in [0.5, 0.6) is 0 Å². The number of aromatic amines is 1. The smallest absolute Gasteiger partial charge is 0.252 e. The van der Waals surface area contributed by atoms with Gasteiger partial charge < -0.3 is 14.6 Å². The average molecular weight is 229 g/mol. The number of hydrogen-bond donors (Lipinski definition) is 2. The molecule has 0 aliphatic heterocycles. The fourth-order valence-corrected chi connectivity index (χ4v) is 1.92. The van der Waals surface area contributed by atoms with Gasteiger partial charge in [0.2, 0.25) is 5.82 Å². The normalized spacial score (nSPS) is 11.2. The minimum atomic E-state index is -0.241. The van der Waals surface area contributed by atoms with Crippen LogP contribution in [0.1, 0.15) is 11.6 Å². The van der Waals surface area contributed by atoms with Crippen molar-refractivity contribution in [2.24, 2.45) is 0 Å². The molecule has 0 radical (unpaired) electrons. The van der Waals surface area contributed by atoms with E-state index in [2.05, 4.69) is 15.1 Å². The van der Waals surface area contributed by atoms with Crippen molar-refractivity contribution in [1.82, 2.24) is 15.1 Å². The molecule has 0 aliphatic rings. The number of H-pyrrole nitrogens is 1. The van der Waals surface area contributed by atoms with E-state index >= 15 is 0 Å². The molecule has 17 heavy (non-hydrogen) atoms. The van der Waals surface area contributed by atoms with Crippen LogP contribution < -0.4 is 0 Å². The highest BCUT2D eigenvalue weighted by molar-refractivity contribution is 5.93. The fourth-order valence-electron chi connectivity index (χ4n) is 1.92. The van der Waals surface area contributed by atoms with Crippen LogP contribution in [0.25, 0.3) is 22.3 Å². The highest BCUT2D eigenvalue weighted by Gasteiger charge is 2.11. The summed E-state index contributed by atoms with van der Waals surface area (Å²) in [5.41, 5.74) is 3.02. The molecule has 0 bridgehead atoms. The maximum atomic E-state index is 8.91. The number of aliphatic hydroxyl groups excluding tert-OH is 1. The number of aryl methyl sites for hydroxylation is 1. The van der Waals surface area contributed by atoms with Crippen molar-refractivity contribution in [3.05, 3.63) is 35.9 Å². The SMILES string of the molecule is Cc1cc2c(-c3noc(CO)n3)cccc2[nH]1. The van der Waals surface area contributed by atoms with Gasteiger partial charge in [0.05, 0.1) is 0 Å². The lowest BCUT2D eigenvalue weighted by atomic mass is 10.1. The molecule has 86 valence electrons. The van der Waals surface area contributed by atoms with Gasteiger partial charge in [0.25, 0.3) is 5.89 Å². The molecule has 2 N–H and O–H groups in total. The first-order valence-electron chi connectivity index (χ1n) is 5.30. The first kappa shape index (κ1) is 10.0. The second-order valence-electron chi connectivity index (χ2n) is 3.89. The Morgan fingerprint density at radius 1 is 1.41 bits per heavy atom. The summed E-state index contributed by atoms with van der Waals surface area (Å²) in [5.74, 6) is 0.725. The van der Waals surface area contributed by atoms with Gasteiger partial charge in [-0.2, -0.15) is 4.98 Å². The van der Waals surface area contributed by atoms with Crippen molar-refractivity contribution < 1.29 is 9.63 Å². The Balaban J connectivity index is 2.22. The van der Waals surface area contributed by atoms with Crippen LogP contribution >= 0.6 is 0 Å². The number of hydrogen-bond acceptors (Lipinski definition) is 4. The van der Waals surface area contributed by atoms with Gasteiger partial charge in [0, 0.05) is 22.2 Å². The van der Waals surface area contributed by atoms with E-state index in [4.69, 9.17) is 9.63 Å². The van der Waals surface area contributed by atoms with Gasteiger partial charge in [0.1, 0.15) is 6.61 Å². The number of aromatic nitrogens is 3. The molecule has 2 heterocycles. The summed E-state index contributed by atoms with van der Waals surface area (Å²) in [6, 6.07) is 7.91. The lowest BCUT2D eigenvalue weighted by molar-refractivity contribution is 0.222. The first-order chi connectivity index (χ1) is 8.28. The first-order valence-corrected chi connectivity index (χ1v) is 5.30. The number of benzene rings is 1. The van der Waals surface area contributed by atoms with Crippen LogP contribution in [0, 0.1) is 6.92 Å². The molecule has 3 rings (SSSR count). The lowest BCUT2D eigenvalue weighted by Crippen LogP contribution is -1.84. The third-order valence-corrected chi connectivity index (χ3v) is 2.64. The van der Waals surface area contributed by atoms with E-state index < -0.39 is 0 Å². The topological polar surface area (TPSA) is 74.9 Å². The average Bonchev–Trinajstić information content (AvgIpc) is 2.92. The van der Waals surface area contributed by atoms with Crippen molar-refractivity contribution in [2.75, 3.05) is 0 Å². The number of rotatable bonds is 2. The quantitative estimate of drug-likeness (QED) is 0.705. The highest BCUT2D eigenvalue weighted by Crippen LogP contribution is 2.27. The molecular weight excluding hydrogens is 218 g/mol. The Bertz CT molecular complexity index is 669. The van der Waals surface area contributed by atoms with Crippen molar-refractivity contribution in [2.45, 2.75) is 13.5 Å². The maximum absolute atomic E-state index is 8.91. The third-order valence-electron chi connectivity index (χ3n) is 2.64. The Labute approximate surface area is 97.1 Å². The van der Waals surface area contributed by atoms with Crippen LogP contribution in [-0.4, -0.2) is 20.2 Å². The Morgan fingerprint density at radius 2 is 2.29 bits per heavy atom. The van der Waals surface area contributed by atoms with Crippen LogP contribution in [0.15, 0.2) is 28.8 Å². The summed E-state index contributed by atoms with van der Waals surface area (Å²) in [4.78, 5) is 7.37. The molecule has 1 aromatic carbocycles. The predicted octanol–water partition coefficient (Wildman–Crippen LogP) is 2.02. The van der Waals surface area contributed by atoms with Crippen molar-refractivity contribution >= 4 is 10.9 Å². The molecule has 5 nitrogen and oxygen atoms in total. The van der Waals surface area contributed by atoms with Crippen LogP contribution in [0.3, 0.4) is 0 Å². The Hall–Kier alpha value is -2.14. The predicted molar refractivity (Wildman–Crippen MR) is 62.3 cm³/mol. The second kappa shape index (κ2) is 3.71. The molecular formula is C12H11N3O2. The van der Waals surface area contributed by atoms with Gasteiger partial charge in [0.15, 0.2) is 0 Å². The summed E-state index contributed by atoms with van der Waals surface area (Å²) in [7, 11) is 0. The summed E-state index contributed by atoms with van der Waals surface area (Å²) >= 11 is 0. The monoisotopic (exact) mass is 229 g/mol. The maximum Gasteiger partial charge on any atom is 0.252 e. The van der Waals surface area contributed by atoms with Gasteiger partial charge in [-0.05, 0) is 19.1 Å². The highest BCUT2D eigenvalue weighted by atomic mass is 16.5. The zero-order chi connectivity index (χ0) is 11.8. The molecule has 0 spiro atoms. The van der Waals surface area contributed by atoms with E-state index in [1.807, 2.05) is 31.2 Å². The van der Waals surface area contributed by atoms with E-state index in [0.29, 0.717) is 5.82 Å². The Kier molecular flexibility index (Phi) is 2.19. The zero-order valence-electron chi connectivity index (χ0n) is 9.27. The van der Waals surface area contributed by atoms with E-state index in [1.54, 1.807) is 0 Å². The van der Waals surface area contributed by atoms with E-state index in [1.165, 1.54) is 0 Å². The minimum Gasteiger partial charge on any atom is -0.387 e. The van der Waals surface area contributed by atoms with Crippen LogP contribution in [0.4, 0.5) is 0 Å². The van der Waals surface area contributed by atoms with Gasteiger partial charge in [-0.15, -0.1) is 0 Å². The summed E-state index contributed by atoms with van der Waals surface area (Å²) in [5, 5.41) is 13.8. The number of nitrogens with one attached hydrogen (secondary N) is 1. The molecule has 0 fully saturated rings. The number of nitrogens with zero attached hydrogens (tertiary/aromatic N) is 2. The molecule has 0 amide bonds. The van der Waals surface area contributed by atoms with E-state index in [0.717, 1.165) is 22.2 Å². The van der Waals surface area contributed by atoms with Gasteiger partial charge in [-0.1, -0.05) is 17.3 Å². The lowest BCUT2D eigenvalue weighted by Gasteiger charge is -1.96. The van der Waals surface area contributed by atoms with Crippen molar-refractivity contribution in [3.63, 3.8) is 0 Å². The largest absolute Gasteiger partial charge is 0.387 e. The Morgan fingerprint density at radius 3 is 3.06 bits per heavy atom. The van der Waals surface area contributed by atoms with Crippen molar-refractivity contribution in [3.8, 4) is 11.4 Å². The summed E-state index contributed by atoms with van der Waals surface area (Å²) in [6.45, 7) is 1.76. The zero-order valence-corrected chi connectivity index (χ0v) is 9.27. The third kappa shape index (κ3) is 1.60. The van der Waals surface area contributed by atoms with Crippen molar-refractivity contribution in [1.29, 1.82) is 0 Å². The standard InChI is InChI=1S/C12H11N3O2/c1-7-5-9-8(3-2-4-10(9)13-7)12-14-11(6-16)17-15-12/h2-5,13,16H,6H2,1H3. The molecule has 2 aromatic heterocycles. The van der Waals surface area contributed by atoms with Crippen LogP contribution in [-0.2, 0) is 6.61 Å². The van der Waals surface area contributed by atoms with E-state index in [9.17, 15) is 0 Å². The molecule has 5 heteroatoms.